The Balaban J connectivity index is 3.05. The van der Waals surface area contributed by atoms with E-state index in [4.69, 9.17) is 0 Å². The highest BCUT2D eigenvalue weighted by atomic mass is 79.9. The van der Waals surface area contributed by atoms with Crippen molar-refractivity contribution >= 4 is 15.9 Å². The molecule has 0 spiro atoms. The van der Waals surface area contributed by atoms with Gasteiger partial charge in [-0.15, -0.1) is 0 Å². The van der Waals surface area contributed by atoms with Gasteiger partial charge in [0.05, 0.1) is 5.56 Å². The SMILES string of the molecule is Cc1cc(C#CCCBr)cc(C(F)(F)F)c1. The smallest absolute Gasteiger partial charge is 0.166 e. The third-order valence-corrected chi connectivity index (χ3v) is 2.25. The van der Waals surface area contributed by atoms with Crippen molar-refractivity contribution in [3.8, 4) is 11.8 Å². The van der Waals surface area contributed by atoms with Crippen LogP contribution in [0.5, 0.6) is 0 Å². The zero-order chi connectivity index (χ0) is 12.2. The molecule has 1 aromatic carbocycles. The molecular weight excluding hydrogens is 281 g/mol. The van der Waals surface area contributed by atoms with Gasteiger partial charge in [-0.3, -0.25) is 0 Å². The minimum absolute atomic E-state index is 0.410. The highest BCUT2D eigenvalue weighted by molar-refractivity contribution is 9.09. The Kier molecular flexibility index (Phi) is 4.43. The number of benzene rings is 1. The number of halogens is 4. The van der Waals surface area contributed by atoms with Gasteiger partial charge in [-0.1, -0.05) is 27.8 Å². The summed E-state index contributed by atoms with van der Waals surface area (Å²) in [6.07, 6.45) is -3.69. The van der Waals surface area contributed by atoms with Gasteiger partial charge in [-0.25, -0.2) is 0 Å². The Morgan fingerprint density at radius 2 is 1.94 bits per heavy atom. The predicted molar refractivity (Wildman–Crippen MR) is 61.5 cm³/mol. The Bertz CT molecular complexity index is 424. The standard InChI is InChI=1S/C12H10BrF3/c1-9-6-10(4-2-3-5-13)8-11(7-9)12(14,15)16/h6-8H,3,5H2,1H3. The second-order valence-corrected chi connectivity index (χ2v) is 4.12. The van der Waals surface area contributed by atoms with Crippen LogP contribution in [-0.4, -0.2) is 5.33 Å². The summed E-state index contributed by atoms with van der Waals surface area (Å²) in [7, 11) is 0. The van der Waals surface area contributed by atoms with Crippen LogP contribution in [0.3, 0.4) is 0 Å². The van der Waals surface area contributed by atoms with Crippen molar-refractivity contribution in [2.24, 2.45) is 0 Å². The van der Waals surface area contributed by atoms with E-state index < -0.39 is 11.7 Å². The highest BCUT2D eigenvalue weighted by Gasteiger charge is 2.30. The Labute approximate surface area is 101 Å². The van der Waals surface area contributed by atoms with Crippen LogP contribution in [-0.2, 0) is 6.18 Å². The van der Waals surface area contributed by atoms with Crippen LogP contribution >= 0.6 is 15.9 Å². The van der Waals surface area contributed by atoms with Crippen molar-refractivity contribution < 1.29 is 13.2 Å². The Morgan fingerprint density at radius 3 is 2.50 bits per heavy atom. The van der Waals surface area contributed by atoms with E-state index in [0.29, 0.717) is 17.5 Å². The lowest BCUT2D eigenvalue weighted by Gasteiger charge is -2.07. The summed E-state index contributed by atoms with van der Waals surface area (Å²) in [6.45, 7) is 1.63. The van der Waals surface area contributed by atoms with Gasteiger partial charge in [0.25, 0.3) is 0 Å². The Hall–Kier alpha value is -0.950. The number of rotatable bonds is 1. The first-order valence-electron chi connectivity index (χ1n) is 4.67. The van der Waals surface area contributed by atoms with E-state index in [2.05, 4.69) is 27.8 Å². The van der Waals surface area contributed by atoms with Gasteiger partial charge in [-0.2, -0.15) is 13.2 Å². The van der Waals surface area contributed by atoms with Gasteiger partial charge in [0.2, 0.25) is 0 Å². The van der Waals surface area contributed by atoms with Gasteiger partial charge >= 0.3 is 6.18 Å². The van der Waals surface area contributed by atoms with Crippen LogP contribution in [0.1, 0.15) is 23.1 Å². The molecule has 0 N–H and O–H groups in total. The summed E-state index contributed by atoms with van der Waals surface area (Å²) in [5.41, 5.74) is 0.335. The maximum Gasteiger partial charge on any atom is 0.416 e. The molecule has 0 saturated heterocycles. The molecule has 0 saturated carbocycles. The molecule has 0 nitrogen and oxygen atoms in total. The largest absolute Gasteiger partial charge is 0.416 e. The van der Waals surface area contributed by atoms with Crippen LogP contribution in [0.4, 0.5) is 13.2 Å². The molecule has 0 fully saturated rings. The van der Waals surface area contributed by atoms with Gasteiger partial charge in [-0.05, 0) is 30.7 Å². The van der Waals surface area contributed by atoms with E-state index in [0.717, 1.165) is 17.5 Å². The van der Waals surface area contributed by atoms with Crippen LogP contribution < -0.4 is 0 Å². The van der Waals surface area contributed by atoms with Gasteiger partial charge in [0, 0.05) is 17.3 Å². The molecule has 0 aliphatic rings. The molecule has 0 aromatic heterocycles. The summed E-state index contributed by atoms with van der Waals surface area (Å²) in [5, 5.41) is 0.720. The van der Waals surface area contributed by atoms with Crippen molar-refractivity contribution in [1.82, 2.24) is 0 Å². The van der Waals surface area contributed by atoms with E-state index in [1.807, 2.05) is 0 Å². The molecule has 0 aliphatic heterocycles. The molecule has 0 radical (unpaired) electrons. The zero-order valence-electron chi connectivity index (χ0n) is 8.66. The minimum Gasteiger partial charge on any atom is -0.166 e. The fourth-order valence-electron chi connectivity index (χ4n) is 1.23. The van der Waals surface area contributed by atoms with Crippen LogP contribution in [0, 0.1) is 18.8 Å². The third kappa shape index (κ3) is 3.90. The first-order chi connectivity index (χ1) is 7.43. The molecular formula is C12H10BrF3. The van der Waals surface area contributed by atoms with Gasteiger partial charge in [0.15, 0.2) is 0 Å². The lowest BCUT2D eigenvalue weighted by atomic mass is 10.1. The topological polar surface area (TPSA) is 0 Å². The van der Waals surface area contributed by atoms with Crippen molar-refractivity contribution in [3.63, 3.8) is 0 Å². The molecule has 0 aliphatic carbocycles. The zero-order valence-corrected chi connectivity index (χ0v) is 10.2. The molecule has 0 amide bonds. The van der Waals surface area contributed by atoms with E-state index in [1.165, 1.54) is 0 Å². The summed E-state index contributed by atoms with van der Waals surface area (Å²) >= 11 is 3.20. The normalized spacial score (nSPS) is 10.8. The summed E-state index contributed by atoms with van der Waals surface area (Å²) < 4.78 is 37.4. The first kappa shape index (κ1) is 13.1. The number of alkyl halides is 4. The molecule has 16 heavy (non-hydrogen) atoms. The van der Waals surface area contributed by atoms with Crippen molar-refractivity contribution in [2.45, 2.75) is 19.5 Å². The fraction of sp³-hybridized carbons (Fsp3) is 0.333. The van der Waals surface area contributed by atoms with Crippen molar-refractivity contribution in [2.75, 3.05) is 5.33 Å². The Morgan fingerprint density at radius 1 is 1.25 bits per heavy atom. The average molecular weight is 291 g/mol. The number of hydrogen-bond donors (Lipinski definition) is 0. The molecule has 4 heteroatoms. The first-order valence-corrected chi connectivity index (χ1v) is 5.79. The van der Waals surface area contributed by atoms with Crippen LogP contribution in [0.25, 0.3) is 0 Å². The second-order valence-electron chi connectivity index (χ2n) is 3.33. The van der Waals surface area contributed by atoms with E-state index in [9.17, 15) is 13.2 Å². The number of hydrogen-bond acceptors (Lipinski definition) is 0. The molecule has 0 unspecified atom stereocenters. The molecule has 1 aromatic rings. The molecule has 0 atom stereocenters. The van der Waals surface area contributed by atoms with Crippen molar-refractivity contribution in [1.29, 1.82) is 0 Å². The highest BCUT2D eigenvalue weighted by Crippen LogP contribution is 2.30. The van der Waals surface area contributed by atoms with Gasteiger partial charge in [0.1, 0.15) is 0 Å². The monoisotopic (exact) mass is 290 g/mol. The quantitative estimate of drug-likeness (QED) is 0.538. The third-order valence-electron chi connectivity index (χ3n) is 1.86. The van der Waals surface area contributed by atoms with E-state index in [-0.39, 0.29) is 0 Å². The molecule has 0 heterocycles. The van der Waals surface area contributed by atoms with E-state index in [1.54, 1.807) is 13.0 Å². The van der Waals surface area contributed by atoms with E-state index >= 15 is 0 Å². The summed E-state index contributed by atoms with van der Waals surface area (Å²) in [6, 6.07) is 3.85. The maximum atomic E-state index is 12.5. The average Bonchev–Trinajstić information content (AvgIpc) is 2.16. The molecule has 1 rings (SSSR count). The summed E-state index contributed by atoms with van der Waals surface area (Å²) in [4.78, 5) is 0. The van der Waals surface area contributed by atoms with Gasteiger partial charge < -0.3 is 0 Å². The maximum absolute atomic E-state index is 12.5. The minimum atomic E-state index is -4.31. The summed E-state index contributed by atoms with van der Waals surface area (Å²) in [5.74, 6) is 5.51. The van der Waals surface area contributed by atoms with Crippen LogP contribution in [0.2, 0.25) is 0 Å². The van der Waals surface area contributed by atoms with Crippen LogP contribution in [0.15, 0.2) is 18.2 Å². The number of aryl methyl sites for hydroxylation is 1. The predicted octanol–water partition coefficient (Wildman–Crippen LogP) is 4.15. The molecule has 86 valence electrons. The second kappa shape index (κ2) is 5.40. The lowest BCUT2D eigenvalue weighted by Crippen LogP contribution is -2.05. The van der Waals surface area contributed by atoms with Crippen molar-refractivity contribution in [3.05, 3.63) is 34.9 Å². The fourth-order valence-corrected chi connectivity index (χ4v) is 1.43. The molecule has 0 bridgehead atoms. The lowest BCUT2D eigenvalue weighted by molar-refractivity contribution is -0.137.